The van der Waals surface area contributed by atoms with Crippen LogP contribution >= 0.6 is 0 Å². The number of anilines is 1. The van der Waals surface area contributed by atoms with Gasteiger partial charge in [-0.15, -0.1) is 0 Å². The molecule has 4 nitrogen and oxygen atoms in total. The Hall–Kier alpha value is -1.55. The molecule has 16 heavy (non-hydrogen) atoms. The fraction of sp³-hybridized carbons (Fsp3) is 0.417. The first kappa shape index (κ1) is 12.5. The van der Waals surface area contributed by atoms with Gasteiger partial charge in [0.05, 0.1) is 6.10 Å². The number of aliphatic hydroxyl groups excluding tert-OH is 1. The van der Waals surface area contributed by atoms with Crippen molar-refractivity contribution in [3.63, 3.8) is 0 Å². The van der Waals surface area contributed by atoms with Crippen LogP contribution in [0.15, 0.2) is 24.3 Å². The van der Waals surface area contributed by atoms with Crippen LogP contribution in [0, 0.1) is 0 Å². The lowest BCUT2D eigenvalue weighted by atomic mass is 10.1. The Bertz CT molecular complexity index is 347. The van der Waals surface area contributed by atoms with Gasteiger partial charge < -0.3 is 15.3 Å². The lowest BCUT2D eigenvalue weighted by Crippen LogP contribution is -2.25. The zero-order valence-electron chi connectivity index (χ0n) is 9.90. The van der Waals surface area contributed by atoms with E-state index in [0.717, 1.165) is 11.3 Å². The van der Waals surface area contributed by atoms with Crippen molar-refractivity contribution in [2.75, 3.05) is 25.5 Å². The van der Waals surface area contributed by atoms with Gasteiger partial charge in [0, 0.05) is 33.3 Å². The van der Waals surface area contributed by atoms with Crippen LogP contribution in [-0.2, 0) is 4.79 Å². The molecule has 88 valence electrons. The predicted molar refractivity (Wildman–Crippen MR) is 64.4 cm³/mol. The van der Waals surface area contributed by atoms with Crippen molar-refractivity contribution in [1.29, 1.82) is 0 Å². The third-order valence-corrected chi connectivity index (χ3v) is 2.34. The van der Waals surface area contributed by atoms with E-state index in [1.54, 1.807) is 0 Å². The number of rotatable bonds is 4. The Morgan fingerprint density at radius 1 is 1.38 bits per heavy atom. The molecule has 0 bridgehead atoms. The maximum absolute atomic E-state index is 10.7. The van der Waals surface area contributed by atoms with Crippen LogP contribution in [-0.4, -0.2) is 31.7 Å². The second-order valence-corrected chi connectivity index (χ2v) is 3.94. The van der Waals surface area contributed by atoms with Crippen LogP contribution in [0.1, 0.15) is 18.6 Å². The van der Waals surface area contributed by atoms with Crippen LogP contribution in [0.4, 0.5) is 5.69 Å². The number of carbonyl (C=O) groups excluding carboxylic acids is 1. The van der Waals surface area contributed by atoms with E-state index in [4.69, 9.17) is 0 Å². The number of hydrogen-bond donors (Lipinski definition) is 2. The van der Waals surface area contributed by atoms with E-state index in [1.165, 1.54) is 6.92 Å². The molecule has 2 N–H and O–H groups in total. The first-order valence-corrected chi connectivity index (χ1v) is 5.20. The van der Waals surface area contributed by atoms with E-state index >= 15 is 0 Å². The summed E-state index contributed by atoms with van der Waals surface area (Å²) in [6.45, 7) is 1.68. The van der Waals surface area contributed by atoms with Gasteiger partial charge in [0.2, 0.25) is 5.91 Å². The molecule has 0 heterocycles. The highest BCUT2D eigenvalue weighted by atomic mass is 16.3. The Kier molecular flexibility index (Phi) is 4.31. The molecule has 4 heteroatoms. The second-order valence-electron chi connectivity index (χ2n) is 3.94. The largest absolute Gasteiger partial charge is 0.387 e. The number of aliphatic hydroxyl groups is 1. The Labute approximate surface area is 95.9 Å². The van der Waals surface area contributed by atoms with Gasteiger partial charge in [0.1, 0.15) is 0 Å². The maximum atomic E-state index is 10.7. The molecule has 0 aliphatic rings. The molecule has 0 spiro atoms. The van der Waals surface area contributed by atoms with Crippen molar-refractivity contribution in [2.45, 2.75) is 13.0 Å². The molecule has 1 rings (SSSR count). The summed E-state index contributed by atoms with van der Waals surface area (Å²) >= 11 is 0. The van der Waals surface area contributed by atoms with Crippen molar-refractivity contribution < 1.29 is 9.90 Å². The minimum Gasteiger partial charge on any atom is -0.387 e. The number of carbonyl (C=O) groups is 1. The molecular weight excluding hydrogens is 204 g/mol. The summed E-state index contributed by atoms with van der Waals surface area (Å²) in [7, 11) is 3.92. The number of nitrogens with zero attached hydrogens (tertiary/aromatic N) is 1. The number of hydrogen-bond acceptors (Lipinski definition) is 3. The first-order valence-electron chi connectivity index (χ1n) is 5.20. The lowest BCUT2D eigenvalue weighted by Gasteiger charge is -2.15. The zero-order valence-corrected chi connectivity index (χ0v) is 9.90. The molecule has 1 aromatic carbocycles. The highest BCUT2D eigenvalue weighted by Crippen LogP contribution is 2.17. The minimum atomic E-state index is -0.653. The van der Waals surface area contributed by atoms with Crippen molar-refractivity contribution >= 4 is 11.6 Å². The summed E-state index contributed by atoms with van der Waals surface area (Å²) < 4.78 is 0. The van der Waals surface area contributed by atoms with Crippen molar-refractivity contribution in [2.24, 2.45) is 0 Å². The smallest absolute Gasteiger partial charge is 0.216 e. The molecule has 0 saturated heterocycles. The number of amides is 1. The fourth-order valence-corrected chi connectivity index (χ4v) is 1.35. The fourth-order valence-electron chi connectivity index (χ4n) is 1.35. The van der Waals surface area contributed by atoms with Crippen LogP contribution in [0.5, 0.6) is 0 Å². The molecule has 0 aliphatic carbocycles. The summed E-state index contributed by atoms with van der Waals surface area (Å²) in [5.41, 5.74) is 1.88. The van der Waals surface area contributed by atoms with E-state index in [1.807, 2.05) is 43.3 Å². The quantitative estimate of drug-likeness (QED) is 0.796. The van der Waals surface area contributed by atoms with E-state index < -0.39 is 6.10 Å². The lowest BCUT2D eigenvalue weighted by molar-refractivity contribution is -0.119. The highest BCUT2D eigenvalue weighted by Gasteiger charge is 2.07. The van der Waals surface area contributed by atoms with Crippen molar-refractivity contribution in [1.82, 2.24) is 5.32 Å². The molecular formula is C12H18N2O2. The van der Waals surface area contributed by atoms with Crippen molar-refractivity contribution in [3.05, 3.63) is 29.8 Å². The topological polar surface area (TPSA) is 52.6 Å². The van der Waals surface area contributed by atoms with Gasteiger partial charge in [-0.05, 0) is 17.7 Å². The molecule has 1 amide bonds. The third kappa shape index (κ3) is 3.55. The normalized spacial score (nSPS) is 12.0. The standard InChI is InChI=1S/C12H18N2O2/c1-9(15)13-8-12(16)10-4-6-11(7-5-10)14(2)3/h4-7,12,16H,8H2,1-3H3,(H,13,15). The summed E-state index contributed by atoms with van der Waals surface area (Å²) in [6.07, 6.45) is -0.653. The number of benzene rings is 1. The Morgan fingerprint density at radius 2 is 1.94 bits per heavy atom. The van der Waals surface area contributed by atoms with Crippen LogP contribution < -0.4 is 10.2 Å². The van der Waals surface area contributed by atoms with E-state index in [9.17, 15) is 9.90 Å². The molecule has 0 radical (unpaired) electrons. The third-order valence-electron chi connectivity index (χ3n) is 2.34. The van der Waals surface area contributed by atoms with Crippen molar-refractivity contribution in [3.8, 4) is 0 Å². The van der Waals surface area contributed by atoms with Crippen LogP contribution in [0.3, 0.4) is 0 Å². The summed E-state index contributed by atoms with van der Waals surface area (Å²) in [5, 5.41) is 12.4. The zero-order chi connectivity index (χ0) is 12.1. The number of nitrogens with one attached hydrogen (secondary N) is 1. The SMILES string of the molecule is CC(=O)NCC(O)c1ccc(N(C)C)cc1. The summed E-state index contributed by atoms with van der Waals surface area (Å²) in [4.78, 5) is 12.7. The Morgan fingerprint density at radius 3 is 2.38 bits per heavy atom. The van der Waals surface area contributed by atoms with E-state index in [0.29, 0.717) is 0 Å². The van der Waals surface area contributed by atoms with Gasteiger partial charge in [-0.2, -0.15) is 0 Å². The molecule has 1 atom stereocenters. The average molecular weight is 222 g/mol. The van der Waals surface area contributed by atoms with Gasteiger partial charge >= 0.3 is 0 Å². The molecule has 1 unspecified atom stereocenters. The molecule has 0 fully saturated rings. The van der Waals surface area contributed by atoms with Gasteiger partial charge in [-0.1, -0.05) is 12.1 Å². The monoisotopic (exact) mass is 222 g/mol. The van der Waals surface area contributed by atoms with Gasteiger partial charge in [-0.25, -0.2) is 0 Å². The van der Waals surface area contributed by atoms with Gasteiger partial charge in [-0.3, -0.25) is 4.79 Å². The average Bonchev–Trinajstić information content (AvgIpc) is 2.26. The van der Waals surface area contributed by atoms with Gasteiger partial charge in [0.15, 0.2) is 0 Å². The molecule has 0 aliphatic heterocycles. The van der Waals surface area contributed by atoms with E-state index in [-0.39, 0.29) is 12.5 Å². The highest BCUT2D eigenvalue weighted by molar-refractivity contribution is 5.72. The Balaban J connectivity index is 2.62. The summed E-state index contributed by atoms with van der Waals surface area (Å²) in [6, 6.07) is 7.60. The maximum Gasteiger partial charge on any atom is 0.216 e. The van der Waals surface area contributed by atoms with Gasteiger partial charge in [0.25, 0.3) is 0 Å². The minimum absolute atomic E-state index is 0.135. The van der Waals surface area contributed by atoms with Crippen LogP contribution in [0.2, 0.25) is 0 Å². The predicted octanol–water partition coefficient (Wildman–Crippen LogP) is 0.922. The molecule has 0 saturated carbocycles. The first-order chi connectivity index (χ1) is 7.50. The second kappa shape index (κ2) is 5.51. The van der Waals surface area contributed by atoms with E-state index in [2.05, 4.69) is 5.32 Å². The molecule has 0 aromatic heterocycles. The van der Waals surface area contributed by atoms with Crippen LogP contribution in [0.25, 0.3) is 0 Å². The molecule has 1 aromatic rings. The summed E-state index contributed by atoms with van der Waals surface area (Å²) in [5.74, 6) is -0.135.